The predicted molar refractivity (Wildman–Crippen MR) is 75.2 cm³/mol. The number of halogens is 2. The van der Waals surface area contributed by atoms with Gasteiger partial charge in [-0.15, -0.1) is 0 Å². The second kappa shape index (κ2) is 5.32. The molecular formula is C15H19F2N3. The number of hydrogen-bond acceptors (Lipinski definition) is 2. The highest BCUT2D eigenvalue weighted by Crippen LogP contribution is 2.26. The Labute approximate surface area is 117 Å². The van der Waals surface area contributed by atoms with Gasteiger partial charge in [-0.3, -0.25) is 4.68 Å². The topological polar surface area (TPSA) is 29.9 Å². The molecule has 0 radical (unpaired) electrons. The molecule has 0 aliphatic rings. The third kappa shape index (κ3) is 3.42. The van der Waals surface area contributed by atoms with Crippen LogP contribution in [0.5, 0.6) is 0 Å². The van der Waals surface area contributed by atoms with Crippen LogP contribution in [-0.2, 0) is 13.6 Å². The highest BCUT2D eigenvalue weighted by Gasteiger charge is 2.17. The molecule has 0 amide bonds. The molecule has 0 unspecified atom stereocenters. The summed E-state index contributed by atoms with van der Waals surface area (Å²) in [6, 6.07) is 3.41. The molecule has 2 rings (SSSR count). The first-order valence-corrected chi connectivity index (χ1v) is 6.49. The minimum Gasteiger partial charge on any atom is -0.308 e. The molecule has 108 valence electrons. The maximum Gasteiger partial charge on any atom is 0.132 e. The van der Waals surface area contributed by atoms with Crippen LogP contribution < -0.4 is 5.32 Å². The molecule has 2 aromatic rings. The normalized spacial score (nSPS) is 11.9. The molecule has 5 heteroatoms. The number of benzene rings is 1. The Kier molecular flexibility index (Phi) is 3.90. The number of rotatable bonds is 3. The van der Waals surface area contributed by atoms with E-state index >= 15 is 0 Å². The fourth-order valence-corrected chi connectivity index (χ4v) is 1.93. The van der Waals surface area contributed by atoms with Crippen molar-refractivity contribution in [1.29, 1.82) is 0 Å². The minimum absolute atomic E-state index is 0.0619. The lowest BCUT2D eigenvalue weighted by Gasteiger charge is -2.20. The molecule has 0 atom stereocenters. The first kappa shape index (κ1) is 14.7. The second-order valence-corrected chi connectivity index (χ2v) is 5.90. The molecule has 20 heavy (non-hydrogen) atoms. The summed E-state index contributed by atoms with van der Waals surface area (Å²) in [5.41, 5.74) is 1.44. The van der Waals surface area contributed by atoms with Gasteiger partial charge >= 0.3 is 0 Å². The molecule has 3 nitrogen and oxygen atoms in total. The maximum atomic E-state index is 13.9. The number of aromatic nitrogens is 2. The van der Waals surface area contributed by atoms with Crippen LogP contribution in [0, 0.1) is 11.6 Å². The van der Waals surface area contributed by atoms with Crippen LogP contribution in [0.2, 0.25) is 0 Å². The summed E-state index contributed by atoms with van der Waals surface area (Å²) in [6.45, 7) is 6.69. The Morgan fingerprint density at radius 1 is 1.25 bits per heavy atom. The first-order valence-electron chi connectivity index (χ1n) is 6.49. The van der Waals surface area contributed by atoms with Crippen molar-refractivity contribution in [3.63, 3.8) is 0 Å². The largest absolute Gasteiger partial charge is 0.308 e. The molecule has 1 aromatic carbocycles. The van der Waals surface area contributed by atoms with Gasteiger partial charge < -0.3 is 5.32 Å². The van der Waals surface area contributed by atoms with Crippen LogP contribution in [0.25, 0.3) is 11.3 Å². The van der Waals surface area contributed by atoms with Crippen molar-refractivity contribution in [2.24, 2.45) is 7.05 Å². The van der Waals surface area contributed by atoms with Crippen molar-refractivity contribution in [2.45, 2.75) is 32.9 Å². The Hall–Kier alpha value is -1.75. The van der Waals surface area contributed by atoms with E-state index in [0.29, 0.717) is 12.2 Å². The van der Waals surface area contributed by atoms with E-state index < -0.39 is 11.6 Å². The van der Waals surface area contributed by atoms with Gasteiger partial charge in [0.2, 0.25) is 0 Å². The summed E-state index contributed by atoms with van der Waals surface area (Å²) in [6.07, 6.45) is 1.82. The van der Waals surface area contributed by atoms with E-state index in [-0.39, 0.29) is 11.1 Å². The summed E-state index contributed by atoms with van der Waals surface area (Å²) in [4.78, 5) is 0. The van der Waals surface area contributed by atoms with Crippen LogP contribution in [0.15, 0.2) is 24.4 Å². The first-order chi connectivity index (χ1) is 9.26. The van der Waals surface area contributed by atoms with Crippen LogP contribution in [-0.4, -0.2) is 15.3 Å². The van der Waals surface area contributed by atoms with E-state index in [9.17, 15) is 8.78 Å². The van der Waals surface area contributed by atoms with Crippen LogP contribution in [0.4, 0.5) is 8.78 Å². The van der Waals surface area contributed by atoms with E-state index in [0.717, 1.165) is 17.7 Å². The lowest BCUT2D eigenvalue weighted by Crippen LogP contribution is -2.35. The Morgan fingerprint density at radius 3 is 2.60 bits per heavy atom. The third-order valence-electron chi connectivity index (χ3n) is 2.90. The summed E-state index contributed by atoms with van der Waals surface area (Å²) in [5.74, 6) is -0.941. The summed E-state index contributed by atoms with van der Waals surface area (Å²) >= 11 is 0. The number of aryl methyl sites for hydroxylation is 1. The van der Waals surface area contributed by atoms with Crippen molar-refractivity contribution in [3.05, 3.63) is 41.6 Å². The minimum atomic E-state index is -0.471. The quantitative estimate of drug-likeness (QED) is 0.934. The molecule has 0 aliphatic carbocycles. The van der Waals surface area contributed by atoms with Gasteiger partial charge in [0.1, 0.15) is 11.6 Å². The summed E-state index contributed by atoms with van der Waals surface area (Å²) < 4.78 is 28.8. The van der Waals surface area contributed by atoms with Crippen molar-refractivity contribution in [2.75, 3.05) is 0 Å². The second-order valence-electron chi connectivity index (χ2n) is 5.90. The van der Waals surface area contributed by atoms with Crippen molar-refractivity contribution < 1.29 is 8.78 Å². The van der Waals surface area contributed by atoms with Gasteiger partial charge in [0, 0.05) is 36.5 Å². The SMILES string of the molecule is Cn1cc(CNC(C)(C)C)c(-c2cc(F)ccc2F)n1. The summed E-state index contributed by atoms with van der Waals surface area (Å²) in [5, 5.41) is 7.58. The fourth-order valence-electron chi connectivity index (χ4n) is 1.93. The number of hydrogen-bond donors (Lipinski definition) is 1. The van der Waals surface area contributed by atoms with Gasteiger partial charge in [0.05, 0.1) is 5.69 Å². The molecule has 0 saturated carbocycles. The van der Waals surface area contributed by atoms with Gasteiger partial charge in [-0.1, -0.05) is 0 Å². The number of nitrogens with zero attached hydrogens (tertiary/aromatic N) is 2. The smallest absolute Gasteiger partial charge is 0.132 e. The Bertz CT molecular complexity index is 612. The third-order valence-corrected chi connectivity index (χ3v) is 2.90. The molecule has 1 heterocycles. The van der Waals surface area contributed by atoms with E-state index in [4.69, 9.17) is 0 Å². The monoisotopic (exact) mass is 279 g/mol. The van der Waals surface area contributed by atoms with Gasteiger partial charge in [0.25, 0.3) is 0 Å². The Morgan fingerprint density at radius 2 is 1.95 bits per heavy atom. The highest BCUT2D eigenvalue weighted by atomic mass is 19.1. The lowest BCUT2D eigenvalue weighted by molar-refractivity contribution is 0.424. The zero-order valence-corrected chi connectivity index (χ0v) is 12.2. The molecule has 1 N–H and O–H groups in total. The van der Waals surface area contributed by atoms with E-state index in [2.05, 4.69) is 10.4 Å². The predicted octanol–water partition coefficient (Wildman–Crippen LogP) is 3.25. The molecule has 0 spiro atoms. The average Bonchev–Trinajstić information content (AvgIpc) is 2.70. The van der Waals surface area contributed by atoms with Crippen molar-refractivity contribution >= 4 is 0 Å². The van der Waals surface area contributed by atoms with Crippen LogP contribution >= 0.6 is 0 Å². The average molecular weight is 279 g/mol. The van der Waals surface area contributed by atoms with Gasteiger partial charge in [-0.25, -0.2) is 8.78 Å². The molecule has 0 fully saturated rings. The number of nitrogens with one attached hydrogen (secondary N) is 1. The maximum absolute atomic E-state index is 13.9. The molecule has 0 bridgehead atoms. The zero-order valence-electron chi connectivity index (χ0n) is 12.2. The molecular weight excluding hydrogens is 260 g/mol. The van der Waals surface area contributed by atoms with E-state index in [1.165, 1.54) is 6.07 Å². The van der Waals surface area contributed by atoms with Crippen LogP contribution in [0.1, 0.15) is 26.3 Å². The molecule has 1 aromatic heterocycles. The fraction of sp³-hybridized carbons (Fsp3) is 0.400. The van der Waals surface area contributed by atoms with E-state index in [1.807, 2.05) is 27.0 Å². The van der Waals surface area contributed by atoms with Gasteiger partial charge in [-0.05, 0) is 39.0 Å². The van der Waals surface area contributed by atoms with Gasteiger partial charge in [-0.2, -0.15) is 5.10 Å². The van der Waals surface area contributed by atoms with Gasteiger partial charge in [0.15, 0.2) is 0 Å². The van der Waals surface area contributed by atoms with E-state index in [1.54, 1.807) is 11.7 Å². The molecule has 0 saturated heterocycles. The van der Waals surface area contributed by atoms with Crippen molar-refractivity contribution in [1.82, 2.24) is 15.1 Å². The lowest BCUT2D eigenvalue weighted by atomic mass is 10.1. The zero-order chi connectivity index (χ0) is 14.9. The standard InChI is InChI=1S/C15H19F2N3/c1-15(2,3)18-8-10-9-20(4)19-14(10)12-7-11(16)5-6-13(12)17/h5-7,9,18H,8H2,1-4H3. The Balaban J connectivity index is 2.39. The van der Waals surface area contributed by atoms with Crippen LogP contribution in [0.3, 0.4) is 0 Å². The highest BCUT2D eigenvalue weighted by molar-refractivity contribution is 5.63. The van der Waals surface area contributed by atoms with Crippen molar-refractivity contribution in [3.8, 4) is 11.3 Å². The molecule has 0 aliphatic heterocycles. The summed E-state index contributed by atoms with van der Waals surface area (Å²) in [7, 11) is 1.77.